The molecule has 0 bridgehead atoms. The van der Waals surface area contributed by atoms with Crippen molar-refractivity contribution in [3.63, 3.8) is 0 Å². The van der Waals surface area contributed by atoms with E-state index in [4.69, 9.17) is 4.74 Å². The number of carbonyl (C=O) groups excluding carboxylic acids is 1. The van der Waals surface area contributed by atoms with Gasteiger partial charge in [-0.15, -0.1) is 0 Å². The van der Waals surface area contributed by atoms with Crippen molar-refractivity contribution in [2.45, 2.75) is 44.6 Å². The second-order valence-electron chi connectivity index (χ2n) is 9.58. The predicted octanol–water partition coefficient (Wildman–Crippen LogP) is 5.30. The summed E-state index contributed by atoms with van der Waals surface area (Å²) >= 11 is 0. The number of ether oxygens (including phenoxy) is 1. The molecule has 5 nitrogen and oxygen atoms in total. The number of fused-ring (bicyclic) bond motifs is 1. The average Bonchev–Trinajstić information content (AvgIpc) is 2.89. The van der Waals surface area contributed by atoms with Gasteiger partial charge in [-0.1, -0.05) is 0 Å². The number of anilines is 1. The zero-order chi connectivity index (χ0) is 23.5. The van der Waals surface area contributed by atoms with Gasteiger partial charge in [-0.25, -0.2) is 4.39 Å². The van der Waals surface area contributed by atoms with Crippen molar-refractivity contribution in [1.82, 2.24) is 10.3 Å². The molecule has 1 amide bonds. The highest BCUT2D eigenvalue weighted by atomic mass is 19.1. The van der Waals surface area contributed by atoms with Gasteiger partial charge in [-0.2, -0.15) is 0 Å². The van der Waals surface area contributed by atoms with Crippen LogP contribution in [0.1, 0.15) is 54.4 Å². The highest BCUT2D eigenvalue weighted by molar-refractivity contribution is 5.94. The summed E-state index contributed by atoms with van der Waals surface area (Å²) in [5.74, 6) is 0.611. The highest BCUT2D eigenvalue weighted by Crippen LogP contribution is 2.39. The molecule has 34 heavy (non-hydrogen) atoms. The van der Waals surface area contributed by atoms with Crippen LogP contribution < -0.4 is 10.2 Å². The van der Waals surface area contributed by atoms with Crippen LogP contribution in [-0.4, -0.2) is 43.2 Å². The molecule has 0 radical (unpaired) electrons. The Hall–Kier alpha value is -2.99. The van der Waals surface area contributed by atoms with Crippen molar-refractivity contribution in [3.8, 4) is 0 Å². The molecule has 2 aliphatic rings. The molecule has 0 spiro atoms. The molecule has 1 aliphatic heterocycles. The molecular weight excluding hydrogens is 429 g/mol. The van der Waals surface area contributed by atoms with Gasteiger partial charge in [0.1, 0.15) is 5.82 Å². The summed E-state index contributed by atoms with van der Waals surface area (Å²) in [4.78, 5) is 19.5. The zero-order valence-corrected chi connectivity index (χ0v) is 19.7. The molecular formula is C28H32FN3O2. The topological polar surface area (TPSA) is 54.5 Å². The Bertz CT molecular complexity index is 1140. The number of aromatic nitrogens is 1. The predicted molar refractivity (Wildman–Crippen MR) is 133 cm³/mol. The Morgan fingerprint density at radius 1 is 1.06 bits per heavy atom. The molecule has 0 unspecified atom stereocenters. The van der Waals surface area contributed by atoms with Crippen LogP contribution >= 0.6 is 0 Å². The second kappa shape index (κ2) is 10.1. The Morgan fingerprint density at radius 3 is 2.53 bits per heavy atom. The van der Waals surface area contributed by atoms with Crippen LogP contribution in [0.3, 0.4) is 0 Å². The van der Waals surface area contributed by atoms with Gasteiger partial charge in [0.15, 0.2) is 0 Å². The smallest absolute Gasteiger partial charge is 0.251 e. The van der Waals surface area contributed by atoms with Gasteiger partial charge in [0.05, 0.1) is 18.7 Å². The Labute approximate surface area is 200 Å². The molecule has 2 heterocycles. The molecule has 2 aromatic carbocycles. The van der Waals surface area contributed by atoms with E-state index in [0.29, 0.717) is 17.4 Å². The van der Waals surface area contributed by atoms with E-state index in [-0.39, 0.29) is 17.8 Å². The third-order valence-corrected chi connectivity index (χ3v) is 7.52. The fourth-order valence-corrected chi connectivity index (χ4v) is 5.48. The standard InChI is InChI=1S/C28H32FN3O2/c1-19(31-28(33)22-6-9-24(10-7-22)32-14-16-34-17-15-32)20-2-4-21(5-3-20)25-12-13-30-27-11-8-23(29)18-26(25)27/h6-13,18-21H,2-5,14-17H2,1H3,(H,31,33)/t19-,20?,21?/m1/s1. The largest absolute Gasteiger partial charge is 0.378 e. The van der Waals surface area contributed by atoms with Crippen molar-refractivity contribution in [3.05, 3.63) is 71.7 Å². The summed E-state index contributed by atoms with van der Waals surface area (Å²) < 4.78 is 19.3. The van der Waals surface area contributed by atoms with Crippen LogP contribution in [-0.2, 0) is 4.74 Å². The van der Waals surface area contributed by atoms with Crippen molar-refractivity contribution in [1.29, 1.82) is 0 Å². The first-order valence-corrected chi connectivity index (χ1v) is 12.4. The maximum Gasteiger partial charge on any atom is 0.251 e. The minimum absolute atomic E-state index is 0.0150. The first kappa shape index (κ1) is 22.8. The van der Waals surface area contributed by atoms with Gasteiger partial charge < -0.3 is 15.0 Å². The Balaban J connectivity index is 1.17. The normalized spacial score (nSPS) is 21.9. The Kier molecular flexibility index (Phi) is 6.77. The number of nitrogens with zero attached hydrogens (tertiary/aromatic N) is 2. The monoisotopic (exact) mass is 461 g/mol. The van der Waals surface area contributed by atoms with E-state index < -0.39 is 0 Å². The van der Waals surface area contributed by atoms with Crippen LogP contribution in [0.15, 0.2) is 54.7 Å². The van der Waals surface area contributed by atoms with Crippen molar-refractivity contribution in [2.24, 2.45) is 5.92 Å². The number of hydrogen-bond acceptors (Lipinski definition) is 4. The number of benzene rings is 2. The summed E-state index contributed by atoms with van der Waals surface area (Å²) in [6.07, 6.45) is 5.99. The van der Waals surface area contributed by atoms with Crippen LogP contribution in [0.2, 0.25) is 0 Å². The van der Waals surface area contributed by atoms with E-state index in [1.165, 1.54) is 11.6 Å². The molecule has 1 saturated heterocycles. The minimum Gasteiger partial charge on any atom is -0.378 e. The van der Waals surface area contributed by atoms with Crippen molar-refractivity contribution >= 4 is 22.5 Å². The third kappa shape index (κ3) is 4.92. The van der Waals surface area contributed by atoms with E-state index in [1.54, 1.807) is 12.1 Å². The number of halogens is 1. The number of pyridine rings is 1. The first-order chi connectivity index (χ1) is 16.6. The van der Waals surface area contributed by atoms with Crippen molar-refractivity contribution in [2.75, 3.05) is 31.2 Å². The van der Waals surface area contributed by atoms with Gasteiger partial charge >= 0.3 is 0 Å². The number of amides is 1. The van der Waals surface area contributed by atoms with Gasteiger partial charge in [0.2, 0.25) is 0 Å². The van der Waals surface area contributed by atoms with Gasteiger partial charge in [0.25, 0.3) is 5.91 Å². The fourth-order valence-electron chi connectivity index (χ4n) is 5.48. The first-order valence-electron chi connectivity index (χ1n) is 12.4. The molecule has 1 atom stereocenters. The highest BCUT2D eigenvalue weighted by Gasteiger charge is 2.28. The van der Waals surface area contributed by atoms with E-state index in [2.05, 4.69) is 22.1 Å². The molecule has 3 aromatic rings. The number of carbonyl (C=O) groups is 1. The molecule has 1 aliphatic carbocycles. The van der Waals surface area contributed by atoms with Gasteiger partial charge in [0, 0.05) is 42.0 Å². The van der Waals surface area contributed by atoms with E-state index in [9.17, 15) is 9.18 Å². The average molecular weight is 462 g/mol. The lowest BCUT2D eigenvalue weighted by Crippen LogP contribution is -2.39. The van der Waals surface area contributed by atoms with Crippen LogP contribution in [0, 0.1) is 11.7 Å². The molecule has 1 aromatic heterocycles. The maximum absolute atomic E-state index is 13.9. The van der Waals surface area contributed by atoms with Crippen LogP contribution in [0.4, 0.5) is 10.1 Å². The molecule has 1 N–H and O–H groups in total. The molecule has 2 fully saturated rings. The van der Waals surface area contributed by atoms with E-state index >= 15 is 0 Å². The summed E-state index contributed by atoms with van der Waals surface area (Å²) in [7, 11) is 0. The lowest BCUT2D eigenvalue weighted by Gasteiger charge is -2.33. The quantitative estimate of drug-likeness (QED) is 0.560. The number of nitrogens with one attached hydrogen (secondary N) is 1. The zero-order valence-electron chi connectivity index (χ0n) is 19.7. The maximum atomic E-state index is 13.9. The summed E-state index contributed by atoms with van der Waals surface area (Å²) in [5, 5.41) is 4.15. The van der Waals surface area contributed by atoms with Gasteiger partial charge in [-0.05, 0) is 98.5 Å². The molecule has 1 saturated carbocycles. The van der Waals surface area contributed by atoms with E-state index in [0.717, 1.165) is 68.6 Å². The summed E-state index contributed by atoms with van der Waals surface area (Å²) in [6.45, 7) is 5.37. The third-order valence-electron chi connectivity index (χ3n) is 7.52. The number of rotatable bonds is 5. The SMILES string of the molecule is C[C@@H](NC(=O)c1ccc(N2CCOCC2)cc1)C1CCC(c2ccnc3ccc(F)cc23)CC1. The van der Waals surface area contributed by atoms with Crippen LogP contribution in [0.5, 0.6) is 0 Å². The summed E-state index contributed by atoms with van der Waals surface area (Å²) in [5.41, 5.74) is 3.87. The Morgan fingerprint density at radius 2 is 1.79 bits per heavy atom. The molecule has 5 rings (SSSR count). The fraction of sp³-hybridized carbons (Fsp3) is 0.429. The lowest BCUT2D eigenvalue weighted by atomic mass is 9.75. The van der Waals surface area contributed by atoms with E-state index in [1.807, 2.05) is 36.5 Å². The minimum atomic E-state index is -0.218. The van der Waals surface area contributed by atoms with Gasteiger partial charge in [-0.3, -0.25) is 9.78 Å². The van der Waals surface area contributed by atoms with Crippen LogP contribution in [0.25, 0.3) is 10.9 Å². The summed E-state index contributed by atoms with van der Waals surface area (Å²) in [6, 6.07) is 14.9. The molecule has 178 valence electrons. The number of morpholine rings is 1. The second-order valence-corrected chi connectivity index (χ2v) is 9.58. The van der Waals surface area contributed by atoms with Crippen molar-refractivity contribution < 1.29 is 13.9 Å². The lowest BCUT2D eigenvalue weighted by molar-refractivity contribution is 0.0917. The molecule has 6 heteroatoms. The number of hydrogen-bond donors (Lipinski definition) is 1.